The number of nitrogens with two attached hydrogens (primary N) is 1. The first-order valence-corrected chi connectivity index (χ1v) is 7.07. The maximum atomic E-state index is 11.7. The van der Waals surface area contributed by atoms with Crippen molar-refractivity contribution in [2.45, 2.75) is 58.9 Å². The zero-order valence-corrected chi connectivity index (χ0v) is 12.8. The summed E-state index contributed by atoms with van der Waals surface area (Å²) in [6.45, 7) is 7.05. The van der Waals surface area contributed by atoms with Gasteiger partial charge in [0.15, 0.2) is 0 Å². The third-order valence-electron chi connectivity index (χ3n) is 4.13. The van der Waals surface area contributed by atoms with Crippen LogP contribution >= 0.6 is 12.4 Å². The minimum atomic E-state index is -0.359. The average Bonchev–Trinajstić information content (AvgIpc) is 2.35. The summed E-state index contributed by atoms with van der Waals surface area (Å²) in [5, 5.41) is 3.00. The Morgan fingerprint density at radius 1 is 1.22 bits per heavy atom. The Labute approximate surface area is 118 Å². The molecular weight excluding hydrogens is 248 g/mol. The van der Waals surface area contributed by atoms with Gasteiger partial charge in [-0.3, -0.25) is 4.79 Å². The number of carbonyl (C=O) groups is 1. The molecule has 1 rings (SSSR count). The highest BCUT2D eigenvalue weighted by molar-refractivity contribution is 5.85. The Morgan fingerprint density at radius 3 is 2.17 bits per heavy atom. The first-order chi connectivity index (χ1) is 8.04. The van der Waals surface area contributed by atoms with E-state index in [4.69, 9.17) is 5.73 Å². The SMILES string of the molecule is CCC1CCC(CNC(=O)C(N)C(C)C)CC1.Cl. The highest BCUT2D eigenvalue weighted by Crippen LogP contribution is 2.30. The first-order valence-electron chi connectivity index (χ1n) is 7.07. The molecule has 4 heteroatoms. The molecule has 1 saturated carbocycles. The van der Waals surface area contributed by atoms with Crippen LogP contribution in [0.5, 0.6) is 0 Å². The summed E-state index contributed by atoms with van der Waals surface area (Å²) < 4.78 is 0. The summed E-state index contributed by atoms with van der Waals surface area (Å²) >= 11 is 0. The molecule has 1 atom stereocenters. The van der Waals surface area contributed by atoms with Gasteiger partial charge in [0.1, 0.15) is 0 Å². The normalized spacial score (nSPS) is 25.4. The van der Waals surface area contributed by atoms with Gasteiger partial charge >= 0.3 is 0 Å². The van der Waals surface area contributed by atoms with Crippen molar-refractivity contribution in [1.29, 1.82) is 0 Å². The van der Waals surface area contributed by atoms with Gasteiger partial charge in [-0.2, -0.15) is 0 Å². The predicted molar refractivity (Wildman–Crippen MR) is 78.8 cm³/mol. The third-order valence-corrected chi connectivity index (χ3v) is 4.13. The maximum Gasteiger partial charge on any atom is 0.237 e. The van der Waals surface area contributed by atoms with Crippen LogP contribution in [-0.2, 0) is 4.79 Å². The molecule has 3 nitrogen and oxygen atoms in total. The number of rotatable bonds is 5. The molecule has 1 aliphatic rings. The maximum absolute atomic E-state index is 11.7. The molecule has 18 heavy (non-hydrogen) atoms. The van der Waals surface area contributed by atoms with Crippen LogP contribution in [0.25, 0.3) is 0 Å². The molecule has 0 aromatic carbocycles. The molecule has 0 aliphatic heterocycles. The summed E-state index contributed by atoms with van der Waals surface area (Å²) in [5.41, 5.74) is 5.81. The van der Waals surface area contributed by atoms with Gasteiger partial charge in [-0.1, -0.05) is 40.0 Å². The standard InChI is InChI=1S/C14H28N2O.ClH/c1-4-11-5-7-12(8-6-11)9-16-14(17)13(15)10(2)3;/h10-13H,4-9,15H2,1-3H3,(H,16,17);1H. The smallest absolute Gasteiger partial charge is 0.237 e. The van der Waals surface area contributed by atoms with E-state index in [1.165, 1.54) is 32.1 Å². The summed E-state index contributed by atoms with van der Waals surface area (Å²) in [6, 6.07) is -0.359. The summed E-state index contributed by atoms with van der Waals surface area (Å²) in [5.74, 6) is 1.81. The average molecular weight is 277 g/mol. The minimum Gasteiger partial charge on any atom is -0.354 e. The fourth-order valence-electron chi connectivity index (χ4n) is 2.51. The number of hydrogen-bond donors (Lipinski definition) is 2. The number of nitrogens with one attached hydrogen (secondary N) is 1. The van der Waals surface area contributed by atoms with Crippen LogP contribution in [0, 0.1) is 17.8 Å². The van der Waals surface area contributed by atoms with E-state index in [1.54, 1.807) is 0 Å². The molecule has 1 fully saturated rings. The van der Waals surface area contributed by atoms with E-state index in [2.05, 4.69) is 12.2 Å². The van der Waals surface area contributed by atoms with E-state index in [1.807, 2.05) is 13.8 Å². The van der Waals surface area contributed by atoms with Crippen LogP contribution in [0.4, 0.5) is 0 Å². The van der Waals surface area contributed by atoms with Crippen molar-refractivity contribution in [3.63, 3.8) is 0 Å². The molecule has 3 N–H and O–H groups in total. The van der Waals surface area contributed by atoms with Crippen molar-refractivity contribution in [2.75, 3.05) is 6.54 Å². The summed E-state index contributed by atoms with van der Waals surface area (Å²) in [7, 11) is 0. The van der Waals surface area contributed by atoms with Gasteiger partial charge in [0, 0.05) is 6.54 Å². The first kappa shape index (κ1) is 17.7. The lowest BCUT2D eigenvalue weighted by molar-refractivity contribution is -0.123. The Hall–Kier alpha value is -0.280. The van der Waals surface area contributed by atoms with Crippen LogP contribution in [0.15, 0.2) is 0 Å². The van der Waals surface area contributed by atoms with E-state index in [-0.39, 0.29) is 30.3 Å². The quantitative estimate of drug-likeness (QED) is 0.811. The second-order valence-electron chi connectivity index (χ2n) is 5.81. The molecule has 108 valence electrons. The Morgan fingerprint density at radius 2 is 1.72 bits per heavy atom. The Kier molecular flexibility index (Phi) is 8.62. The molecular formula is C14H29ClN2O. The second kappa shape index (κ2) is 8.76. The summed E-state index contributed by atoms with van der Waals surface area (Å²) in [6.07, 6.45) is 6.48. The largest absolute Gasteiger partial charge is 0.354 e. The van der Waals surface area contributed by atoms with Gasteiger partial charge in [-0.05, 0) is 30.6 Å². The number of halogens is 1. The van der Waals surface area contributed by atoms with E-state index >= 15 is 0 Å². The van der Waals surface area contributed by atoms with E-state index in [0.29, 0.717) is 5.92 Å². The Balaban J connectivity index is 0.00000289. The van der Waals surface area contributed by atoms with Crippen molar-refractivity contribution in [3.05, 3.63) is 0 Å². The lowest BCUT2D eigenvalue weighted by Gasteiger charge is -2.28. The van der Waals surface area contributed by atoms with E-state index in [9.17, 15) is 4.79 Å². The van der Waals surface area contributed by atoms with Crippen LogP contribution in [-0.4, -0.2) is 18.5 Å². The third kappa shape index (κ3) is 5.57. The highest BCUT2D eigenvalue weighted by Gasteiger charge is 2.22. The lowest BCUT2D eigenvalue weighted by Crippen LogP contribution is -2.45. The molecule has 0 saturated heterocycles. The lowest BCUT2D eigenvalue weighted by atomic mass is 9.81. The molecule has 1 aliphatic carbocycles. The second-order valence-corrected chi connectivity index (χ2v) is 5.81. The summed E-state index contributed by atoms with van der Waals surface area (Å²) in [4.78, 5) is 11.7. The van der Waals surface area contributed by atoms with E-state index < -0.39 is 0 Å². The topological polar surface area (TPSA) is 55.1 Å². The van der Waals surface area contributed by atoms with Crippen molar-refractivity contribution in [3.8, 4) is 0 Å². The zero-order chi connectivity index (χ0) is 12.8. The van der Waals surface area contributed by atoms with Crippen LogP contribution in [0.2, 0.25) is 0 Å². The van der Waals surface area contributed by atoms with E-state index in [0.717, 1.165) is 12.5 Å². The monoisotopic (exact) mass is 276 g/mol. The Bertz CT molecular complexity index is 238. The highest BCUT2D eigenvalue weighted by atomic mass is 35.5. The molecule has 0 heterocycles. The van der Waals surface area contributed by atoms with Crippen molar-refractivity contribution >= 4 is 18.3 Å². The van der Waals surface area contributed by atoms with Crippen LogP contribution in [0.3, 0.4) is 0 Å². The van der Waals surface area contributed by atoms with Crippen molar-refractivity contribution in [1.82, 2.24) is 5.32 Å². The van der Waals surface area contributed by atoms with Crippen LogP contribution in [0.1, 0.15) is 52.9 Å². The van der Waals surface area contributed by atoms with Crippen molar-refractivity contribution in [2.24, 2.45) is 23.5 Å². The van der Waals surface area contributed by atoms with Gasteiger partial charge in [0.25, 0.3) is 0 Å². The van der Waals surface area contributed by atoms with Gasteiger partial charge in [-0.15, -0.1) is 12.4 Å². The van der Waals surface area contributed by atoms with Crippen LogP contribution < -0.4 is 11.1 Å². The fourth-order valence-corrected chi connectivity index (χ4v) is 2.51. The molecule has 1 amide bonds. The molecule has 0 spiro atoms. The number of hydrogen-bond acceptors (Lipinski definition) is 2. The molecule has 0 radical (unpaired) electrons. The number of carbonyl (C=O) groups excluding carboxylic acids is 1. The number of amides is 1. The fraction of sp³-hybridized carbons (Fsp3) is 0.929. The van der Waals surface area contributed by atoms with Gasteiger partial charge in [0.05, 0.1) is 6.04 Å². The van der Waals surface area contributed by atoms with Gasteiger partial charge < -0.3 is 11.1 Å². The predicted octanol–water partition coefficient (Wildman–Crippen LogP) is 2.72. The molecule has 0 bridgehead atoms. The van der Waals surface area contributed by atoms with Gasteiger partial charge in [0.2, 0.25) is 5.91 Å². The molecule has 0 aromatic rings. The van der Waals surface area contributed by atoms with Crippen molar-refractivity contribution < 1.29 is 4.79 Å². The molecule has 0 aromatic heterocycles. The van der Waals surface area contributed by atoms with Gasteiger partial charge in [-0.25, -0.2) is 0 Å². The molecule has 1 unspecified atom stereocenters. The minimum absolute atomic E-state index is 0. The zero-order valence-electron chi connectivity index (χ0n) is 11.9.